The van der Waals surface area contributed by atoms with Crippen molar-refractivity contribution in [3.05, 3.63) is 33.8 Å². The van der Waals surface area contributed by atoms with Crippen molar-refractivity contribution in [3.8, 4) is 0 Å². The molecule has 2 aromatic heterocycles. The molecule has 20 heavy (non-hydrogen) atoms. The van der Waals surface area contributed by atoms with Crippen molar-refractivity contribution >= 4 is 23.0 Å². The first kappa shape index (κ1) is 13.4. The molecule has 0 saturated heterocycles. The summed E-state index contributed by atoms with van der Waals surface area (Å²) in [7, 11) is 0. The van der Waals surface area contributed by atoms with Crippen molar-refractivity contribution in [2.45, 2.75) is 33.2 Å². The van der Waals surface area contributed by atoms with E-state index in [4.69, 9.17) is 0 Å². The third kappa shape index (κ3) is 2.77. The van der Waals surface area contributed by atoms with Gasteiger partial charge in [0.1, 0.15) is 17.5 Å². The second-order valence-corrected chi connectivity index (χ2v) is 6.13. The maximum absolute atomic E-state index is 4.60. The van der Waals surface area contributed by atoms with Crippen LogP contribution in [0.2, 0.25) is 0 Å². The molecule has 1 aliphatic heterocycles. The molecule has 0 saturated carbocycles. The molecule has 0 spiro atoms. The topological polar surface area (TPSA) is 41.0 Å². The highest BCUT2D eigenvalue weighted by molar-refractivity contribution is 7.10. The van der Waals surface area contributed by atoms with Gasteiger partial charge in [-0.25, -0.2) is 9.97 Å². The third-order valence-electron chi connectivity index (χ3n) is 3.51. The highest BCUT2D eigenvalue weighted by Crippen LogP contribution is 2.27. The Labute approximate surface area is 123 Å². The molecule has 3 heterocycles. The molecule has 0 radical (unpaired) electrons. The zero-order valence-electron chi connectivity index (χ0n) is 12.0. The van der Waals surface area contributed by atoms with Crippen LogP contribution in [0.15, 0.2) is 17.5 Å². The number of aryl methyl sites for hydroxylation is 1. The number of aromatic nitrogens is 2. The summed E-state index contributed by atoms with van der Waals surface area (Å²) in [4.78, 5) is 12.9. The second kappa shape index (κ2) is 5.79. The predicted octanol–water partition coefficient (Wildman–Crippen LogP) is 3.23. The van der Waals surface area contributed by atoms with E-state index in [0.29, 0.717) is 0 Å². The number of hydrogen-bond donors (Lipinski definition) is 1. The van der Waals surface area contributed by atoms with Crippen LogP contribution < -0.4 is 10.2 Å². The molecule has 0 unspecified atom stereocenters. The minimum Gasteiger partial charge on any atom is -0.370 e. The average molecular weight is 288 g/mol. The van der Waals surface area contributed by atoms with E-state index < -0.39 is 0 Å². The molecule has 0 bridgehead atoms. The van der Waals surface area contributed by atoms with Gasteiger partial charge in [0.05, 0.1) is 0 Å². The fourth-order valence-corrected chi connectivity index (χ4v) is 3.39. The van der Waals surface area contributed by atoms with Crippen LogP contribution in [0.5, 0.6) is 0 Å². The minimum absolute atomic E-state index is 0.831. The van der Waals surface area contributed by atoms with Gasteiger partial charge in [-0.05, 0) is 36.8 Å². The maximum atomic E-state index is 4.60. The van der Waals surface area contributed by atoms with Crippen LogP contribution in [0.1, 0.15) is 29.6 Å². The van der Waals surface area contributed by atoms with Gasteiger partial charge in [0.2, 0.25) is 0 Å². The molecule has 1 aliphatic rings. The Hall–Kier alpha value is -1.62. The zero-order chi connectivity index (χ0) is 13.9. The van der Waals surface area contributed by atoms with Crippen LogP contribution >= 0.6 is 11.3 Å². The van der Waals surface area contributed by atoms with Crippen LogP contribution in [0.25, 0.3) is 0 Å². The molecule has 106 valence electrons. The SMILES string of the molecule is CCCNc1cc(N2CCc3sccc3C2)nc(C)n1. The number of nitrogens with one attached hydrogen (secondary N) is 1. The molecule has 4 nitrogen and oxygen atoms in total. The van der Waals surface area contributed by atoms with Gasteiger partial charge in [0.25, 0.3) is 0 Å². The van der Waals surface area contributed by atoms with Gasteiger partial charge in [-0.15, -0.1) is 11.3 Å². The summed E-state index contributed by atoms with van der Waals surface area (Å²) in [5.74, 6) is 2.80. The molecule has 1 N–H and O–H groups in total. The van der Waals surface area contributed by atoms with E-state index in [0.717, 1.165) is 49.9 Å². The van der Waals surface area contributed by atoms with Crippen LogP contribution in [0, 0.1) is 6.92 Å². The van der Waals surface area contributed by atoms with Crippen molar-refractivity contribution in [3.63, 3.8) is 0 Å². The monoisotopic (exact) mass is 288 g/mol. The lowest BCUT2D eigenvalue weighted by Crippen LogP contribution is -2.30. The standard InChI is InChI=1S/C15H20N4S/c1-3-6-16-14-9-15(18-11(2)17-14)19-7-4-13-12(10-19)5-8-20-13/h5,8-9H,3-4,6-7,10H2,1-2H3,(H,16,17,18). The quantitative estimate of drug-likeness (QED) is 0.938. The number of fused-ring (bicyclic) bond motifs is 1. The van der Waals surface area contributed by atoms with Crippen LogP contribution in [0.4, 0.5) is 11.6 Å². The van der Waals surface area contributed by atoms with Gasteiger partial charge in [-0.3, -0.25) is 0 Å². The first-order chi connectivity index (χ1) is 9.76. The highest BCUT2D eigenvalue weighted by atomic mass is 32.1. The maximum Gasteiger partial charge on any atom is 0.134 e. The second-order valence-electron chi connectivity index (χ2n) is 5.13. The lowest BCUT2D eigenvalue weighted by Gasteiger charge is -2.28. The first-order valence-corrected chi connectivity index (χ1v) is 8.04. The van der Waals surface area contributed by atoms with Crippen molar-refractivity contribution in [2.24, 2.45) is 0 Å². The lowest BCUT2D eigenvalue weighted by atomic mass is 10.1. The van der Waals surface area contributed by atoms with Crippen LogP contribution in [-0.2, 0) is 13.0 Å². The molecular formula is C15H20N4S. The van der Waals surface area contributed by atoms with Gasteiger partial charge in [-0.1, -0.05) is 6.92 Å². The molecule has 0 aromatic carbocycles. The molecule has 2 aromatic rings. The number of thiophene rings is 1. The Morgan fingerprint density at radius 3 is 3.15 bits per heavy atom. The summed E-state index contributed by atoms with van der Waals surface area (Å²) >= 11 is 1.87. The van der Waals surface area contributed by atoms with Gasteiger partial charge < -0.3 is 10.2 Å². The van der Waals surface area contributed by atoms with E-state index in [1.165, 1.54) is 10.4 Å². The molecule has 0 fully saturated rings. The van der Waals surface area contributed by atoms with E-state index in [1.54, 1.807) is 0 Å². The molecule has 0 aliphatic carbocycles. The van der Waals surface area contributed by atoms with Gasteiger partial charge in [-0.2, -0.15) is 0 Å². The Kier molecular flexibility index (Phi) is 3.87. The Morgan fingerprint density at radius 1 is 1.40 bits per heavy atom. The number of rotatable bonds is 4. The normalized spacial score (nSPS) is 14.2. The van der Waals surface area contributed by atoms with Gasteiger partial charge >= 0.3 is 0 Å². The van der Waals surface area contributed by atoms with Gasteiger partial charge in [0.15, 0.2) is 0 Å². The molecule has 0 amide bonds. The summed E-state index contributed by atoms with van der Waals surface area (Å²) in [5, 5.41) is 5.54. The third-order valence-corrected chi connectivity index (χ3v) is 4.54. The number of nitrogens with zero attached hydrogens (tertiary/aromatic N) is 3. The summed E-state index contributed by atoms with van der Waals surface area (Å²) in [6.07, 6.45) is 2.22. The van der Waals surface area contributed by atoms with E-state index in [-0.39, 0.29) is 0 Å². The summed E-state index contributed by atoms with van der Waals surface area (Å²) in [6.45, 7) is 7.07. The lowest BCUT2D eigenvalue weighted by molar-refractivity contribution is 0.727. The fraction of sp³-hybridized carbons (Fsp3) is 0.467. The number of hydrogen-bond acceptors (Lipinski definition) is 5. The average Bonchev–Trinajstić information content (AvgIpc) is 2.92. The Balaban J connectivity index is 1.82. The van der Waals surface area contributed by atoms with Gasteiger partial charge in [0, 0.05) is 30.6 Å². The largest absolute Gasteiger partial charge is 0.370 e. The van der Waals surface area contributed by atoms with Crippen molar-refractivity contribution in [1.29, 1.82) is 0 Å². The molecule has 5 heteroatoms. The summed E-state index contributed by atoms with van der Waals surface area (Å²) in [6, 6.07) is 4.30. The van der Waals surface area contributed by atoms with E-state index >= 15 is 0 Å². The van der Waals surface area contributed by atoms with E-state index in [9.17, 15) is 0 Å². The Bertz CT molecular complexity index is 593. The molecular weight excluding hydrogens is 268 g/mol. The molecule has 3 rings (SSSR count). The number of anilines is 2. The first-order valence-electron chi connectivity index (χ1n) is 7.16. The molecule has 0 atom stereocenters. The van der Waals surface area contributed by atoms with Crippen LogP contribution in [-0.4, -0.2) is 23.1 Å². The van der Waals surface area contributed by atoms with Crippen molar-refractivity contribution in [1.82, 2.24) is 9.97 Å². The Morgan fingerprint density at radius 2 is 2.30 bits per heavy atom. The zero-order valence-corrected chi connectivity index (χ0v) is 12.8. The van der Waals surface area contributed by atoms with Crippen LogP contribution in [0.3, 0.4) is 0 Å². The fourth-order valence-electron chi connectivity index (χ4n) is 2.50. The minimum atomic E-state index is 0.831. The predicted molar refractivity (Wildman–Crippen MR) is 84.6 cm³/mol. The van der Waals surface area contributed by atoms with E-state index in [2.05, 4.69) is 44.6 Å². The van der Waals surface area contributed by atoms with E-state index in [1.807, 2.05) is 18.3 Å². The summed E-state index contributed by atoms with van der Waals surface area (Å²) in [5.41, 5.74) is 1.44. The van der Waals surface area contributed by atoms with Crippen molar-refractivity contribution < 1.29 is 0 Å². The van der Waals surface area contributed by atoms with Crippen molar-refractivity contribution in [2.75, 3.05) is 23.3 Å². The summed E-state index contributed by atoms with van der Waals surface area (Å²) < 4.78 is 0. The highest BCUT2D eigenvalue weighted by Gasteiger charge is 2.19. The smallest absolute Gasteiger partial charge is 0.134 e.